The van der Waals surface area contributed by atoms with Crippen LogP contribution in [0.1, 0.15) is 19.4 Å². The van der Waals surface area contributed by atoms with E-state index >= 15 is 0 Å². The summed E-state index contributed by atoms with van der Waals surface area (Å²) in [7, 11) is 1.68. The normalized spacial score (nSPS) is 13.9. The molecule has 0 radical (unpaired) electrons. The summed E-state index contributed by atoms with van der Waals surface area (Å²) in [6.07, 6.45) is 2.13. The van der Waals surface area contributed by atoms with E-state index in [4.69, 9.17) is 4.74 Å². The van der Waals surface area contributed by atoms with E-state index in [-0.39, 0.29) is 0 Å². The topological polar surface area (TPSA) is 9.23 Å². The van der Waals surface area contributed by atoms with E-state index < -0.39 is 0 Å². The van der Waals surface area contributed by atoms with Crippen LogP contribution in [0.15, 0.2) is 30.3 Å². The lowest BCUT2D eigenvalue weighted by atomic mass is 10.0. The van der Waals surface area contributed by atoms with Crippen LogP contribution in [-0.2, 0) is 0 Å². The number of halogens is 1. The Balaban J connectivity index is 2.96. The van der Waals surface area contributed by atoms with Gasteiger partial charge in [0.2, 0.25) is 0 Å². The number of methoxy groups -OCH3 is 1. The van der Waals surface area contributed by atoms with Crippen molar-refractivity contribution < 1.29 is 4.74 Å². The van der Waals surface area contributed by atoms with Crippen molar-refractivity contribution in [3.05, 3.63) is 35.9 Å². The van der Waals surface area contributed by atoms with E-state index in [1.54, 1.807) is 7.11 Å². The van der Waals surface area contributed by atoms with Gasteiger partial charge in [0.15, 0.2) is 0 Å². The van der Waals surface area contributed by atoms with Crippen LogP contribution in [0.4, 0.5) is 0 Å². The van der Waals surface area contributed by atoms with Crippen molar-refractivity contribution in [2.45, 2.75) is 18.7 Å². The lowest BCUT2D eigenvalue weighted by molar-refractivity contribution is 0.415. The summed E-state index contributed by atoms with van der Waals surface area (Å²) in [6, 6.07) is 8.11. The predicted octanol–water partition coefficient (Wildman–Crippen LogP) is 3.88. The molecular weight excluding hydrogens is 240 g/mol. The summed E-state index contributed by atoms with van der Waals surface area (Å²) >= 11 is 3.57. The number of hydrogen-bond acceptors (Lipinski definition) is 1. The van der Waals surface area contributed by atoms with Crippen molar-refractivity contribution in [1.82, 2.24) is 0 Å². The maximum atomic E-state index is 5.11. The summed E-state index contributed by atoms with van der Waals surface area (Å²) < 4.78 is 5.11. The molecule has 1 unspecified atom stereocenters. The highest BCUT2D eigenvalue weighted by Crippen LogP contribution is 2.25. The van der Waals surface area contributed by atoms with Crippen molar-refractivity contribution in [2.75, 3.05) is 7.11 Å². The summed E-state index contributed by atoms with van der Waals surface area (Å²) in [5.74, 6) is 0.895. The molecule has 2 heteroatoms. The van der Waals surface area contributed by atoms with Crippen molar-refractivity contribution in [2.24, 2.45) is 0 Å². The average molecular weight is 255 g/mol. The average Bonchev–Trinajstić information content (AvgIpc) is 2.19. The van der Waals surface area contributed by atoms with Gasteiger partial charge >= 0.3 is 0 Å². The molecule has 0 aliphatic rings. The van der Waals surface area contributed by atoms with Gasteiger partial charge in [-0.2, -0.15) is 0 Å². The minimum absolute atomic E-state index is 0.376. The zero-order valence-electron chi connectivity index (χ0n) is 8.75. The van der Waals surface area contributed by atoms with Gasteiger partial charge in [-0.1, -0.05) is 34.1 Å². The highest BCUT2D eigenvalue weighted by Gasteiger charge is 2.06. The van der Waals surface area contributed by atoms with E-state index in [1.165, 1.54) is 11.1 Å². The van der Waals surface area contributed by atoms with E-state index in [0.29, 0.717) is 4.83 Å². The summed E-state index contributed by atoms with van der Waals surface area (Å²) in [5, 5.41) is 0. The first-order chi connectivity index (χ1) is 6.69. The molecule has 14 heavy (non-hydrogen) atoms. The Bertz CT molecular complexity index is 312. The lowest BCUT2D eigenvalue weighted by Crippen LogP contribution is -1.95. The van der Waals surface area contributed by atoms with E-state index in [1.807, 2.05) is 12.1 Å². The first-order valence-electron chi connectivity index (χ1n) is 4.63. The number of alkyl halides is 1. The molecule has 0 aliphatic carbocycles. The van der Waals surface area contributed by atoms with Crippen molar-refractivity contribution >= 4 is 21.5 Å². The monoisotopic (exact) mass is 254 g/mol. The maximum Gasteiger partial charge on any atom is 0.118 e. The Morgan fingerprint density at radius 1 is 1.36 bits per heavy atom. The van der Waals surface area contributed by atoms with Crippen LogP contribution >= 0.6 is 15.9 Å². The largest absolute Gasteiger partial charge is 0.497 e. The van der Waals surface area contributed by atoms with Gasteiger partial charge in [-0.15, -0.1) is 0 Å². The van der Waals surface area contributed by atoms with Crippen LogP contribution < -0.4 is 4.74 Å². The molecule has 0 fully saturated rings. The molecule has 1 nitrogen and oxygen atoms in total. The van der Waals surface area contributed by atoms with Crippen LogP contribution in [0.2, 0.25) is 0 Å². The van der Waals surface area contributed by atoms with Gasteiger partial charge in [-0.05, 0) is 37.1 Å². The highest BCUT2D eigenvalue weighted by atomic mass is 79.9. The third kappa shape index (κ3) is 2.61. The number of hydrogen-bond donors (Lipinski definition) is 0. The van der Waals surface area contributed by atoms with Crippen LogP contribution in [0, 0.1) is 0 Å². The molecule has 0 amide bonds. The second-order valence-corrected chi connectivity index (χ2v) is 4.46. The number of ether oxygens (including phenoxy) is 1. The smallest absolute Gasteiger partial charge is 0.118 e. The summed E-state index contributed by atoms with van der Waals surface area (Å²) in [6.45, 7) is 4.18. The molecule has 1 rings (SSSR count). The molecular formula is C12H15BrO. The van der Waals surface area contributed by atoms with Crippen molar-refractivity contribution in [1.29, 1.82) is 0 Å². The minimum Gasteiger partial charge on any atom is -0.497 e. The van der Waals surface area contributed by atoms with Gasteiger partial charge in [-0.25, -0.2) is 0 Å². The van der Waals surface area contributed by atoms with E-state index in [9.17, 15) is 0 Å². The van der Waals surface area contributed by atoms with E-state index in [0.717, 1.165) is 5.75 Å². The molecule has 0 spiro atoms. The first kappa shape index (κ1) is 11.3. The molecule has 0 aromatic heterocycles. The molecule has 0 heterocycles. The Kier molecular flexibility index (Phi) is 4.21. The third-order valence-electron chi connectivity index (χ3n) is 2.16. The molecule has 0 saturated heterocycles. The third-order valence-corrected chi connectivity index (χ3v) is 2.66. The first-order valence-corrected chi connectivity index (χ1v) is 5.55. The summed E-state index contributed by atoms with van der Waals surface area (Å²) in [5.41, 5.74) is 2.53. The minimum atomic E-state index is 0.376. The summed E-state index contributed by atoms with van der Waals surface area (Å²) in [4.78, 5) is 0.376. The Labute approximate surface area is 93.9 Å². The lowest BCUT2D eigenvalue weighted by Gasteiger charge is -2.10. The predicted molar refractivity (Wildman–Crippen MR) is 65.0 cm³/mol. The van der Waals surface area contributed by atoms with Crippen LogP contribution in [0.25, 0.3) is 5.57 Å². The fraction of sp³-hybridized carbons (Fsp3) is 0.333. The van der Waals surface area contributed by atoms with Gasteiger partial charge in [0.1, 0.15) is 5.75 Å². The Morgan fingerprint density at radius 3 is 2.29 bits per heavy atom. The fourth-order valence-corrected chi connectivity index (χ4v) is 1.94. The molecule has 76 valence electrons. The van der Waals surface area contributed by atoms with Gasteiger partial charge in [0.25, 0.3) is 0 Å². The van der Waals surface area contributed by atoms with Gasteiger partial charge in [-0.3, -0.25) is 0 Å². The molecule has 0 saturated carbocycles. The van der Waals surface area contributed by atoms with Crippen LogP contribution in [0.5, 0.6) is 5.75 Å². The van der Waals surface area contributed by atoms with Crippen molar-refractivity contribution in [3.8, 4) is 5.75 Å². The number of benzene rings is 1. The van der Waals surface area contributed by atoms with Crippen LogP contribution in [0.3, 0.4) is 0 Å². The molecule has 0 N–H and O–H groups in total. The molecule has 1 atom stereocenters. The molecule has 1 aromatic rings. The number of rotatable bonds is 3. The highest BCUT2D eigenvalue weighted by molar-refractivity contribution is 9.09. The zero-order chi connectivity index (χ0) is 10.6. The van der Waals surface area contributed by atoms with Gasteiger partial charge in [0, 0.05) is 4.83 Å². The second kappa shape index (κ2) is 5.20. The maximum absolute atomic E-state index is 5.11. The molecule has 0 aliphatic heterocycles. The van der Waals surface area contributed by atoms with Crippen LogP contribution in [-0.4, -0.2) is 11.9 Å². The zero-order valence-corrected chi connectivity index (χ0v) is 10.3. The molecule has 1 aromatic carbocycles. The van der Waals surface area contributed by atoms with Gasteiger partial charge in [0.05, 0.1) is 7.11 Å². The Morgan fingerprint density at radius 2 is 1.93 bits per heavy atom. The quantitative estimate of drug-likeness (QED) is 0.745. The van der Waals surface area contributed by atoms with E-state index in [2.05, 4.69) is 48.0 Å². The standard InChI is InChI=1S/C12H15BrO/c1-4-12(9(2)13)10-5-7-11(14-3)8-6-10/h4-9H,1-3H3/b12-4+. The molecule has 0 bridgehead atoms. The Hall–Kier alpha value is -0.760. The SMILES string of the molecule is C/C=C(/c1ccc(OC)cc1)C(C)Br. The van der Waals surface area contributed by atoms with Crippen molar-refractivity contribution in [3.63, 3.8) is 0 Å². The van der Waals surface area contributed by atoms with Gasteiger partial charge < -0.3 is 4.74 Å². The number of allylic oxidation sites excluding steroid dienone is 2. The fourth-order valence-electron chi connectivity index (χ4n) is 1.41. The second-order valence-electron chi connectivity index (χ2n) is 3.09.